The molecule has 0 spiro atoms. The van der Waals surface area contributed by atoms with E-state index in [0.717, 1.165) is 21.4 Å². The van der Waals surface area contributed by atoms with E-state index in [2.05, 4.69) is 185 Å². The number of Topliss-reactive ketones (excluding diaryl/α,β-unsaturated/α-hetero) is 2. The molecule has 16 rings (SSSR count). The van der Waals surface area contributed by atoms with Gasteiger partial charge in [0.1, 0.15) is 35.4 Å². The fourth-order valence-corrected chi connectivity index (χ4v) is 21.0. The minimum atomic E-state index is -0.996. The Labute approximate surface area is 549 Å². The summed E-state index contributed by atoms with van der Waals surface area (Å²) in [5.74, 6) is -0.207. The van der Waals surface area contributed by atoms with E-state index in [9.17, 15) is 30.6 Å². The molecule has 4 aromatic heterocycles. The van der Waals surface area contributed by atoms with Crippen molar-refractivity contribution in [2.45, 2.75) is 71.1 Å². The third-order valence-electron chi connectivity index (χ3n) is 19.9. The number of benzene rings is 8. The Hall–Kier alpha value is -10.1. The van der Waals surface area contributed by atoms with Crippen molar-refractivity contribution in [1.82, 2.24) is 0 Å². The van der Waals surface area contributed by atoms with E-state index in [-0.39, 0.29) is 22.7 Å². The van der Waals surface area contributed by atoms with Gasteiger partial charge in [0, 0.05) is 74.3 Å². The first-order valence-electron chi connectivity index (χ1n) is 30.8. The molecule has 1 unspecified atom stereocenters. The van der Waals surface area contributed by atoms with E-state index in [1.54, 1.807) is 17.4 Å². The zero-order valence-electron chi connectivity index (χ0n) is 51.0. The number of carbonyl (C=O) groups is 2. The van der Waals surface area contributed by atoms with E-state index in [1.807, 2.05) is 89.5 Å². The van der Waals surface area contributed by atoms with Crippen LogP contribution >= 0.6 is 45.3 Å². The SMILES string of the molecule is Cc1ccc(C2(c3ccc(C)cc3)c3cc4sc(C/C=C5\C(=O)c6ccccc6C5=C(C#N)C#N)cc4cc3-c3sc4c5c(sc4c32)-c2cc3cc(CCCC4(C)C(=O)c6ccccc6C4=C(C#N)C#N)sc3cc2C5(c2ccc(C)cc2)c2ccc(C)cc2)cc1. The Kier molecular flexibility index (Phi) is 13.2. The van der Waals surface area contributed by atoms with Crippen molar-refractivity contribution in [1.29, 1.82) is 21.0 Å². The Balaban J connectivity index is 0.893. The van der Waals surface area contributed by atoms with Gasteiger partial charge in [0.25, 0.3) is 0 Å². The van der Waals surface area contributed by atoms with E-state index >= 15 is 0 Å². The van der Waals surface area contributed by atoms with Gasteiger partial charge in [0.05, 0.1) is 25.6 Å². The van der Waals surface area contributed by atoms with Gasteiger partial charge < -0.3 is 0 Å². The molecule has 0 radical (unpaired) electrons. The van der Waals surface area contributed by atoms with Gasteiger partial charge in [-0.1, -0.05) is 174 Å². The largest absolute Gasteiger partial charge is 0.293 e. The van der Waals surface area contributed by atoms with Crippen LogP contribution < -0.4 is 0 Å². The molecule has 0 fully saturated rings. The lowest BCUT2D eigenvalue weighted by molar-refractivity contribution is 0.0880. The zero-order chi connectivity index (χ0) is 63.1. The summed E-state index contributed by atoms with van der Waals surface area (Å²) in [6, 6.07) is 74.2. The van der Waals surface area contributed by atoms with Gasteiger partial charge in [-0.05, 0) is 157 Å². The number of nitrogens with zero attached hydrogens (tertiary/aromatic N) is 4. The highest BCUT2D eigenvalue weighted by Crippen LogP contribution is 2.69. The van der Waals surface area contributed by atoms with Gasteiger partial charge in [-0.3, -0.25) is 9.59 Å². The van der Waals surface area contributed by atoms with Crippen LogP contribution in [0.1, 0.15) is 128 Å². The average Bonchev–Trinajstić information content (AvgIpc) is 1.49. The Morgan fingerprint density at radius 1 is 0.467 bits per heavy atom. The summed E-state index contributed by atoms with van der Waals surface area (Å²) in [6.07, 6.45) is 4.29. The smallest absolute Gasteiger partial charge is 0.194 e. The average molecular weight is 1260 g/mol. The molecule has 0 bridgehead atoms. The number of fused-ring (bicyclic) bond motifs is 13. The predicted molar refractivity (Wildman–Crippen MR) is 375 cm³/mol. The highest BCUT2D eigenvalue weighted by atomic mass is 32.1. The van der Waals surface area contributed by atoms with E-state index in [4.69, 9.17) is 0 Å². The number of ketones is 2. The number of carbonyl (C=O) groups excluding carboxylic acids is 2. The lowest BCUT2D eigenvalue weighted by Crippen LogP contribution is -2.29. The minimum absolute atomic E-state index is 0.00149. The van der Waals surface area contributed by atoms with Gasteiger partial charge in [-0.2, -0.15) is 21.0 Å². The first kappa shape index (κ1) is 57.0. The van der Waals surface area contributed by atoms with Crippen molar-refractivity contribution >= 4 is 97.6 Å². The quantitative estimate of drug-likeness (QED) is 0.0990. The molecule has 6 nitrogen and oxygen atoms in total. The first-order valence-corrected chi connectivity index (χ1v) is 34.1. The van der Waals surface area contributed by atoms with E-state index < -0.39 is 16.2 Å². The van der Waals surface area contributed by atoms with Crippen molar-refractivity contribution in [2.24, 2.45) is 5.41 Å². The van der Waals surface area contributed by atoms with Crippen LogP contribution in [0, 0.1) is 78.4 Å². The van der Waals surface area contributed by atoms with Gasteiger partial charge in [-0.25, -0.2) is 0 Å². The molecule has 438 valence electrons. The second-order valence-corrected chi connectivity index (χ2v) is 29.6. The summed E-state index contributed by atoms with van der Waals surface area (Å²) in [5.41, 5.74) is 18.3. The molecule has 12 aromatic rings. The number of nitriles is 4. The van der Waals surface area contributed by atoms with Gasteiger partial charge in [0.15, 0.2) is 11.6 Å². The zero-order valence-corrected chi connectivity index (χ0v) is 54.2. The van der Waals surface area contributed by atoms with Crippen LogP contribution in [-0.2, 0) is 23.7 Å². The van der Waals surface area contributed by atoms with Crippen molar-refractivity contribution in [3.63, 3.8) is 0 Å². The Morgan fingerprint density at radius 3 is 1.36 bits per heavy atom. The van der Waals surface area contributed by atoms with Crippen LogP contribution in [0.4, 0.5) is 0 Å². The number of hydrogen-bond donors (Lipinski definition) is 0. The molecule has 8 aromatic carbocycles. The molecule has 10 heteroatoms. The fourth-order valence-electron chi connectivity index (χ4n) is 15.6. The molecule has 0 amide bonds. The van der Waals surface area contributed by atoms with Gasteiger partial charge in [-0.15, -0.1) is 45.3 Å². The maximum Gasteiger partial charge on any atom is 0.194 e. The molecular weight excluding hydrogens is 1200 g/mol. The molecule has 1 atom stereocenters. The molecule has 4 aliphatic carbocycles. The standard InChI is InChI=1S/C82H54N4O2S4/c1-45-16-24-53(25-17-45)81(54-26-18-46(2)19-27-54)66-39-68-49(35-57(89-68)11-10-34-80(5)71(52(43-85)44-86)60-13-7-9-15-62(60)79(80)88)37-64(66)75-72(81)77-78(91-75)73-76(92-77)65-38-50-36-58(32-33-63-70(51(41-83)42-84)59-12-6-8-14-61(59)74(63)87)90-69(50)40-67(65)82(73,55-28-20-47(3)21-29-55)56-30-22-48(4)23-31-56/h6-9,12-31,33,35-40H,10-11,32,34H2,1-5H3/b63-33-. The van der Waals surface area contributed by atoms with Crippen molar-refractivity contribution < 1.29 is 9.59 Å². The fraction of sp³-hybridized carbons (Fsp3) is 0.146. The van der Waals surface area contributed by atoms with Crippen LogP contribution in [-0.4, -0.2) is 11.6 Å². The second-order valence-electron chi connectivity index (χ2n) is 25.2. The summed E-state index contributed by atoms with van der Waals surface area (Å²) in [5, 5.41) is 42.8. The van der Waals surface area contributed by atoms with Crippen molar-refractivity contribution in [2.75, 3.05) is 0 Å². The van der Waals surface area contributed by atoms with Crippen LogP contribution in [0.25, 0.3) is 61.6 Å². The third kappa shape index (κ3) is 8.08. The molecule has 0 saturated carbocycles. The number of hydrogen-bond acceptors (Lipinski definition) is 10. The normalized spacial score (nSPS) is 16.5. The highest BCUT2D eigenvalue weighted by Gasteiger charge is 2.55. The summed E-state index contributed by atoms with van der Waals surface area (Å²) < 4.78 is 4.90. The highest BCUT2D eigenvalue weighted by molar-refractivity contribution is 7.32. The van der Waals surface area contributed by atoms with Gasteiger partial charge in [0.2, 0.25) is 0 Å². The van der Waals surface area contributed by atoms with E-state index in [0.29, 0.717) is 58.2 Å². The monoisotopic (exact) mass is 1250 g/mol. The predicted octanol–water partition coefficient (Wildman–Crippen LogP) is 20.5. The molecule has 0 aliphatic heterocycles. The third-order valence-corrected chi connectivity index (χ3v) is 24.8. The Bertz CT molecular complexity index is 5410. The number of allylic oxidation sites excluding steroid dienone is 6. The number of rotatable bonds is 10. The summed E-state index contributed by atoms with van der Waals surface area (Å²) in [4.78, 5) is 33.1. The molecule has 4 heterocycles. The number of aryl methyl sites for hydroxylation is 5. The maximum absolute atomic E-state index is 14.3. The van der Waals surface area contributed by atoms with Crippen LogP contribution in [0.5, 0.6) is 0 Å². The Morgan fingerprint density at radius 2 is 0.891 bits per heavy atom. The van der Waals surface area contributed by atoms with Crippen LogP contribution in [0.15, 0.2) is 205 Å². The first-order chi connectivity index (χ1) is 44.7. The number of thiophene rings is 4. The summed E-state index contributed by atoms with van der Waals surface area (Å²) >= 11 is 7.40. The van der Waals surface area contributed by atoms with E-state index in [1.165, 1.54) is 112 Å². The van der Waals surface area contributed by atoms with Crippen molar-refractivity contribution in [3.05, 3.63) is 304 Å². The second kappa shape index (κ2) is 21.2. The minimum Gasteiger partial charge on any atom is -0.293 e. The van der Waals surface area contributed by atoms with Crippen LogP contribution in [0.3, 0.4) is 0 Å². The molecular formula is C82H54N4O2S4. The summed E-state index contributed by atoms with van der Waals surface area (Å²) in [7, 11) is 0. The van der Waals surface area contributed by atoms with Crippen molar-refractivity contribution in [3.8, 4) is 45.2 Å². The molecule has 92 heavy (non-hydrogen) atoms. The molecule has 4 aliphatic rings. The van der Waals surface area contributed by atoms with Gasteiger partial charge >= 0.3 is 0 Å². The lowest BCUT2D eigenvalue weighted by atomic mass is 9.66. The van der Waals surface area contributed by atoms with Crippen LogP contribution in [0.2, 0.25) is 0 Å². The summed E-state index contributed by atoms with van der Waals surface area (Å²) in [6.45, 7) is 10.5. The maximum atomic E-state index is 14.3. The lowest BCUT2D eigenvalue weighted by Gasteiger charge is -2.34. The molecule has 0 N–H and O–H groups in total. The topological polar surface area (TPSA) is 129 Å². The molecule has 0 saturated heterocycles.